The summed E-state index contributed by atoms with van der Waals surface area (Å²) in [6.45, 7) is 2.88. The molecule has 2 unspecified atom stereocenters. The van der Waals surface area contributed by atoms with E-state index in [1.807, 2.05) is 55.6 Å². The minimum Gasteiger partial charge on any atom is -0.486 e. The largest absolute Gasteiger partial charge is 0.486 e. The number of benzene rings is 2. The highest BCUT2D eigenvalue weighted by atomic mass is 32.2. The van der Waals surface area contributed by atoms with Gasteiger partial charge in [-0.25, -0.2) is 0 Å². The number of anilines is 1. The molecule has 2 aromatic rings. The summed E-state index contributed by atoms with van der Waals surface area (Å²) in [6, 6.07) is 13.0. The normalized spacial score (nSPS) is 15.3. The molecule has 132 valence electrons. The average molecular weight is 358 g/mol. The van der Waals surface area contributed by atoms with Crippen LogP contribution >= 0.6 is 11.8 Å². The van der Waals surface area contributed by atoms with Gasteiger partial charge in [-0.05, 0) is 17.9 Å². The van der Waals surface area contributed by atoms with Crippen molar-refractivity contribution in [2.24, 2.45) is 11.7 Å². The Kier molecular flexibility index (Phi) is 5.50. The van der Waals surface area contributed by atoms with E-state index >= 15 is 0 Å². The van der Waals surface area contributed by atoms with Crippen molar-refractivity contribution in [2.45, 2.75) is 17.9 Å². The molecule has 2 aromatic carbocycles. The Morgan fingerprint density at radius 2 is 1.80 bits per heavy atom. The molecule has 1 aliphatic heterocycles. The van der Waals surface area contributed by atoms with E-state index in [4.69, 9.17) is 15.2 Å². The number of hydrogen-bond acceptors (Lipinski definition) is 5. The van der Waals surface area contributed by atoms with Crippen LogP contribution in [0.2, 0.25) is 0 Å². The molecular weight excluding hydrogens is 336 g/mol. The van der Waals surface area contributed by atoms with E-state index in [1.54, 1.807) is 11.8 Å². The number of ether oxygens (including phenoxy) is 2. The van der Waals surface area contributed by atoms with Crippen LogP contribution < -0.4 is 20.5 Å². The van der Waals surface area contributed by atoms with E-state index in [2.05, 4.69) is 5.32 Å². The highest BCUT2D eigenvalue weighted by Crippen LogP contribution is 2.39. The topological polar surface area (TPSA) is 73.6 Å². The van der Waals surface area contributed by atoms with Crippen LogP contribution in [0.25, 0.3) is 0 Å². The third kappa shape index (κ3) is 3.91. The molecule has 0 radical (unpaired) electrons. The standard InChI is InChI=1S/C19H22N2O3S/c1-12(18(20)13-6-4-3-5-7-13)19(22)21-14-10-15-16(11-17(14)25-2)24-9-8-23-15/h3-7,10-12,18H,8-9,20H2,1-2H3,(H,21,22). The molecule has 1 amide bonds. The lowest BCUT2D eigenvalue weighted by Gasteiger charge is -2.23. The number of nitrogens with one attached hydrogen (secondary N) is 1. The fraction of sp³-hybridized carbons (Fsp3) is 0.316. The number of carbonyl (C=O) groups is 1. The number of hydrogen-bond donors (Lipinski definition) is 2. The van der Waals surface area contributed by atoms with Gasteiger partial charge in [0, 0.05) is 17.0 Å². The van der Waals surface area contributed by atoms with Crippen molar-refractivity contribution < 1.29 is 14.3 Å². The van der Waals surface area contributed by atoms with Crippen LogP contribution in [-0.2, 0) is 4.79 Å². The zero-order valence-corrected chi connectivity index (χ0v) is 15.1. The summed E-state index contributed by atoms with van der Waals surface area (Å²) < 4.78 is 11.2. The fourth-order valence-corrected chi connectivity index (χ4v) is 3.27. The van der Waals surface area contributed by atoms with Gasteiger partial charge in [0.1, 0.15) is 13.2 Å². The predicted octanol–water partition coefficient (Wildman–Crippen LogP) is 3.45. The van der Waals surface area contributed by atoms with Gasteiger partial charge < -0.3 is 20.5 Å². The van der Waals surface area contributed by atoms with Gasteiger partial charge in [-0.3, -0.25) is 4.79 Å². The molecule has 1 heterocycles. The van der Waals surface area contributed by atoms with Crippen LogP contribution in [0.4, 0.5) is 5.69 Å². The summed E-state index contributed by atoms with van der Waals surface area (Å²) in [5.74, 6) is 0.871. The molecule has 25 heavy (non-hydrogen) atoms. The Bertz CT molecular complexity index is 752. The molecule has 0 aromatic heterocycles. The van der Waals surface area contributed by atoms with Gasteiger partial charge in [-0.15, -0.1) is 11.8 Å². The molecule has 0 fully saturated rings. The maximum absolute atomic E-state index is 12.7. The monoisotopic (exact) mass is 358 g/mol. The van der Waals surface area contributed by atoms with Crippen molar-refractivity contribution in [1.82, 2.24) is 0 Å². The van der Waals surface area contributed by atoms with Crippen molar-refractivity contribution in [3.63, 3.8) is 0 Å². The third-order valence-electron chi connectivity index (χ3n) is 4.26. The summed E-state index contributed by atoms with van der Waals surface area (Å²) in [5, 5.41) is 2.99. The molecule has 1 aliphatic rings. The fourth-order valence-electron chi connectivity index (χ4n) is 2.71. The quantitative estimate of drug-likeness (QED) is 0.801. The molecule has 6 heteroatoms. The van der Waals surface area contributed by atoms with Crippen molar-refractivity contribution in [3.05, 3.63) is 48.0 Å². The maximum atomic E-state index is 12.7. The zero-order valence-electron chi connectivity index (χ0n) is 14.3. The first-order chi connectivity index (χ1) is 12.1. The molecule has 3 rings (SSSR count). The average Bonchev–Trinajstić information content (AvgIpc) is 2.66. The second-order valence-electron chi connectivity index (χ2n) is 5.91. The molecule has 0 spiro atoms. The Morgan fingerprint density at radius 1 is 1.16 bits per heavy atom. The van der Waals surface area contributed by atoms with Gasteiger partial charge in [0.25, 0.3) is 0 Å². The van der Waals surface area contributed by atoms with E-state index in [0.717, 1.165) is 10.5 Å². The first kappa shape index (κ1) is 17.6. The van der Waals surface area contributed by atoms with Crippen molar-refractivity contribution in [3.8, 4) is 11.5 Å². The van der Waals surface area contributed by atoms with Crippen molar-refractivity contribution >= 4 is 23.4 Å². The molecule has 3 N–H and O–H groups in total. The Hall–Kier alpha value is -2.18. The van der Waals surface area contributed by atoms with Crippen molar-refractivity contribution in [1.29, 1.82) is 0 Å². The number of nitrogens with two attached hydrogens (primary N) is 1. The number of carbonyl (C=O) groups excluding carboxylic acids is 1. The van der Waals surface area contributed by atoms with Crippen LogP contribution in [-0.4, -0.2) is 25.4 Å². The third-order valence-corrected chi connectivity index (χ3v) is 5.04. The van der Waals surface area contributed by atoms with E-state index in [9.17, 15) is 4.79 Å². The predicted molar refractivity (Wildman–Crippen MR) is 100 cm³/mol. The number of amides is 1. The van der Waals surface area contributed by atoms with Gasteiger partial charge in [0.2, 0.25) is 5.91 Å². The van der Waals surface area contributed by atoms with E-state index in [1.165, 1.54) is 0 Å². The van der Waals surface area contributed by atoms with Crippen LogP contribution in [0.3, 0.4) is 0 Å². The molecule has 0 saturated carbocycles. The van der Waals surface area contributed by atoms with Crippen LogP contribution in [0, 0.1) is 5.92 Å². The summed E-state index contributed by atoms with van der Waals surface area (Å²) in [4.78, 5) is 13.6. The van der Waals surface area contributed by atoms with Crippen LogP contribution in [0.1, 0.15) is 18.5 Å². The SMILES string of the molecule is CSc1cc2c(cc1NC(=O)C(C)C(N)c1ccccc1)OCCO2. The van der Waals surface area contributed by atoms with Gasteiger partial charge in [0.05, 0.1) is 11.6 Å². The number of fused-ring (bicyclic) bond motifs is 1. The Labute approximate surface area is 151 Å². The molecule has 0 aliphatic carbocycles. The summed E-state index contributed by atoms with van der Waals surface area (Å²) >= 11 is 1.55. The van der Waals surface area contributed by atoms with E-state index in [-0.39, 0.29) is 17.9 Å². The van der Waals surface area contributed by atoms with E-state index in [0.29, 0.717) is 30.4 Å². The maximum Gasteiger partial charge on any atom is 0.229 e. The summed E-state index contributed by atoms with van der Waals surface area (Å²) in [6.07, 6.45) is 1.96. The lowest BCUT2D eigenvalue weighted by molar-refractivity contribution is -0.120. The number of thioether (sulfide) groups is 1. The molecule has 2 atom stereocenters. The Morgan fingerprint density at radius 3 is 2.44 bits per heavy atom. The molecule has 5 nitrogen and oxygen atoms in total. The van der Waals surface area contributed by atoms with Gasteiger partial charge in [-0.2, -0.15) is 0 Å². The van der Waals surface area contributed by atoms with Crippen LogP contribution in [0.15, 0.2) is 47.4 Å². The minimum atomic E-state index is -0.370. The summed E-state index contributed by atoms with van der Waals surface area (Å²) in [5.41, 5.74) is 7.92. The lowest BCUT2D eigenvalue weighted by atomic mass is 9.94. The highest BCUT2D eigenvalue weighted by molar-refractivity contribution is 7.98. The molecule has 0 bridgehead atoms. The van der Waals surface area contributed by atoms with Gasteiger partial charge in [0.15, 0.2) is 11.5 Å². The number of rotatable bonds is 5. The summed E-state index contributed by atoms with van der Waals surface area (Å²) in [7, 11) is 0. The molecular formula is C19H22N2O3S. The second-order valence-corrected chi connectivity index (χ2v) is 6.76. The second kappa shape index (κ2) is 7.80. The van der Waals surface area contributed by atoms with Crippen LogP contribution in [0.5, 0.6) is 11.5 Å². The Balaban J connectivity index is 1.78. The minimum absolute atomic E-state index is 0.122. The van der Waals surface area contributed by atoms with E-state index < -0.39 is 0 Å². The van der Waals surface area contributed by atoms with Gasteiger partial charge >= 0.3 is 0 Å². The van der Waals surface area contributed by atoms with Crippen molar-refractivity contribution in [2.75, 3.05) is 24.8 Å². The molecule has 0 saturated heterocycles. The first-order valence-corrected chi connectivity index (χ1v) is 9.41. The lowest BCUT2D eigenvalue weighted by Crippen LogP contribution is -2.30. The first-order valence-electron chi connectivity index (χ1n) is 8.19. The van der Waals surface area contributed by atoms with Gasteiger partial charge in [-0.1, -0.05) is 37.3 Å². The smallest absolute Gasteiger partial charge is 0.229 e. The highest BCUT2D eigenvalue weighted by Gasteiger charge is 2.24. The zero-order chi connectivity index (χ0) is 17.8.